The van der Waals surface area contributed by atoms with E-state index in [1.54, 1.807) is 24.3 Å². The molecule has 0 aliphatic heterocycles. The van der Waals surface area contributed by atoms with Gasteiger partial charge in [0, 0.05) is 17.8 Å². The van der Waals surface area contributed by atoms with E-state index < -0.39 is 16.4 Å². The van der Waals surface area contributed by atoms with Crippen LogP contribution < -0.4 is 10.1 Å². The molecular formula is C20H14N4O4. The van der Waals surface area contributed by atoms with E-state index in [1.807, 2.05) is 30.3 Å². The van der Waals surface area contributed by atoms with Crippen LogP contribution in [-0.2, 0) is 0 Å². The number of hydrogen-bond donors (Lipinski definition) is 2. The molecule has 0 saturated carbocycles. The van der Waals surface area contributed by atoms with E-state index in [0.717, 1.165) is 11.4 Å². The number of fused-ring (bicyclic) bond motifs is 1. The van der Waals surface area contributed by atoms with Crippen molar-refractivity contribution < 1.29 is 14.8 Å². The molecule has 138 valence electrons. The van der Waals surface area contributed by atoms with Crippen LogP contribution in [0.2, 0.25) is 0 Å². The van der Waals surface area contributed by atoms with Crippen LogP contribution in [-0.4, -0.2) is 20.0 Å². The van der Waals surface area contributed by atoms with Crippen LogP contribution in [0.1, 0.15) is 0 Å². The lowest BCUT2D eigenvalue weighted by Crippen LogP contribution is -1.97. The molecule has 0 saturated heterocycles. The van der Waals surface area contributed by atoms with Crippen LogP contribution in [0, 0.1) is 10.1 Å². The highest BCUT2D eigenvalue weighted by atomic mass is 16.6. The molecule has 2 N–H and O–H groups in total. The maximum absolute atomic E-state index is 11.1. The van der Waals surface area contributed by atoms with E-state index in [9.17, 15) is 15.2 Å². The molecular weight excluding hydrogens is 360 g/mol. The number of nitro groups is 1. The van der Waals surface area contributed by atoms with E-state index >= 15 is 0 Å². The molecule has 4 rings (SSSR count). The predicted molar refractivity (Wildman–Crippen MR) is 104 cm³/mol. The second kappa shape index (κ2) is 7.20. The molecule has 0 fully saturated rings. The maximum Gasteiger partial charge on any atom is 0.311 e. The monoisotopic (exact) mass is 374 g/mol. The lowest BCUT2D eigenvalue weighted by atomic mass is 10.2. The number of rotatable bonds is 5. The number of para-hydroxylation sites is 1. The van der Waals surface area contributed by atoms with Gasteiger partial charge in [-0.1, -0.05) is 18.2 Å². The van der Waals surface area contributed by atoms with Gasteiger partial charge >= 0.3 is 5.69 Å². The smallest absolute Gasteiger partial charge is 0.311 e. The number of ether oxygens (including phenoxy) is 1. The molecule has 8 heteroatoms. The molecule has 4 aromatic rings. The summed E-state index contributed by atoms with van der Waals surface area (Å²) in [5.74, 6) is 1.36. The van der Waals surface area contributed by atoms with Crippen LogP contribution in [0.5, 0.6) is 17.2 Å². The van der Waals surface area contributed by atoms with E-state index in [0.29, 0.717) is 22.5 Å². The van der Waals surface area contributed by atoms with Gasteiger partial charge in [-0.3, -0.25) is 10.1 Å². The molecule has 0 spiro atoms. The number of nitrogens with one attached hydrogen (secondary N) is 1. The molecule has 8 nitrogen and oxygen atoms in total. The lowest BCUT2D eigenvalue weighted by Gasteiger charge is -2.10. The summed E-state index contributed by atoms with van der Waals surface area (Å²) in [7, 11) is 0. The minimum Gasteiger partial charge on any atom is -0.502 e. The zero-order valence-corrected chi connectivity index (χ0v) is 14.4. The first-order valence-electron chi connectivity index (χ1n) is 8.32. The summed E-state index contributed by atoms with van der Waals surface area (Å²) in [6, 6.07) is 19.1. The number of phenols is 1. The Kier molecular flexibility index (Phi) is 4.43. The van der Waals surface area contributed by atoms with Crippen molar-refractivity contribution in [1.82, 2.24) is 9.97 Å². The Balaban J connectivity index is 1.61. The second-order valence-corrected chi connectivity index (χ2v) is 5.90. The topological polar surface area (TPSA) is 110 Å². The van der Waals surface area contributed by atoms with Crippen molar-refractivity contribution in [3.05, 3.63) is 83.2 Å². The quantitative estimate of drug-likeness (QED) is 0.382. The fraction of sp³-hybridized carbons (Fsp3) is 0. The van der Waals surface area contributed by atoms with Gasteiger partial charge in [0.1, 0.15) is 23.6 Å². The summed E-state index contributed by atoms with van der Waals surface area (Å²) in [4.78, 5) is 18.7. The fourth-order valence-corrected chi connectivity index (χ4v) is 2.69. The summed E-state index contributed by atoms with van der Waals surface area (Å²) < 4.78 is 5.75. The molecule has 1 heterocycles. The van der Waals surface area contributed by atoms with E-state index in [4.69, 9.17) is 4.74 Å². The molecule has 0 bridgehead atoms. The van der Waals surface area contributed by atoms with Gasteiger partial charge in [-0.25, -0.2) is 9.97 Å². The highest BCUT2D eigenvalue weighted by Crippen LogP contribution is 2.33. The zero-order chi connectivity index (χ0) is 19.5. The summed E-state index contributed by atoms with van der Waals surface area (Å²) in [6.07, 6.45) is 1.32. The van der Waals surface area contributed by atoms with E-state index in [2.05, 4.69) is 15.3 Å². The standard InChI is InChI=1S/C20H14N4O4/c25-19-11-17-16(10-18(19)24(26)27)20(22-12-21-17)23-13-6-8-15(9-7-13)28-14-4-2-1-3-5-14/h1-12,25H,(H,21,22,23). The number of nitrogens with zero attached hydrogens (tertiary/aromatic N) is 3. The summed E-state index contributed by atoms with van der Waals surface area (Å²) in [5.41, 5.74) is 0.706. The van der Waals surface area contributed by atoms with Gasteiger partial charge < -0.3 is 15.2 Å². The Bertz CT molecular complexity index is 1150. The van der Waals surface area contributed by atoms with Crippen LogP contribution in [0.4, 0.5) is 17.2 Å². The highest BCUT2D eigenvalue weighted by Gasteiger charge is 2.17. The van der Waals surface area contributed by atoms with Crippen molar-refractivity contribution in [3.63, 3.8) is 0 Å². The van der Waals surface area contributed by atoms with Crippen molar-refractivity contribution in [2.45, 2.75) is 0 Å². The van der Waals surface area contributed by atoms with E-state index in [-0.39, 0.29) is 0 Å². The van der Waals surface area contributed by atoms with Gasteiger partial charge in [-0.15, -0.1) is 0 Å². The average Bonchev–Trinajstić information content (AvgIpc) is 2.70. The number of phenolic OH excluding ortho intramolecular Hbond substituents is 1. The predicted octanol–water partition coefficient (Wildman–Crippen LogP) is 4.78. The first kappa shape index (κ1) is 17.2. The third kappa shape index (κ3) is 3.51. The average molecular weight is 374 g/mol. The summed E-state index contributed by atoms with van der Waals surface area (Å²) >= 11 is 0. The van der Waals surface area contributed by atoms with Crippen molar-refractivity contribution in [2.75, 3.05) is 5.32 Å². The van der Waals surface area contributed by atoms with Crippen molar-refractivity contribution in [3.8, 4) is 17.2 Å². The van der Waals surface area contributed by atoms with Gasteiger partial charge in [0.15, 0.2) is 5.75 Å². The molecule has 0 aliphatic rings. The van der Waals surface area contributed by atoms with Crippen LogP contribution in [0.15, 0.2) is 73.1 Å². The van der Waals surface area contributed by atoms with Gasteiger partial charge in [-0.2, -0.15) is 0 Å². The lowest BCUT2D eigenvalue weighted by molar-refractivity contribution is -0.385. The number of hydrogen-bond acceptors (Lipinski definition) is 7. The van der Waals surface area contributed by atoms with E-state index in [1.165, 1.54) is 18.5 Å². The van der Waals surface area contributed by atoms with Crippen molar-refractivity contribution in [1.29, 1.82) is 0 Å². The minimum atomic E-state index is -0.652. The molecule has 3 aromatic carbocycles. The van der Waals surface area contributed by atoms with Crippen LogP contribution >= 0.6 is 0 Å². The Labute approximate surface area is 159 Å². The van der Waals surface area contributed by atoms with Gasteiger partial charge in [0.2, 0.25) is 0 Å². The number of aromatic hydroxyl groups is 1. The number of benzene rings is 3. The van der Waals surface area contributed by atoms with Crippen LogP contribution in [0.25, 0.3) is 10.9 Å². The first-order valence-corrected chi connectivity index (χ1v) is 8.32. The zero-order valence-electron chi connectivity index (χ0n) is 14.4. The molecule has 0 aliphatic carbocycles. The Hall–Kier alpha value is -4.20. The van der Waals surface area contributed by atoms with Crippen molar-refractivity contribution in [2.24, 2.45) is 0 Å². The molecule has 28 heavy (non-hydrogen) atoms. The third-order valence-electron chi connectivity index (χ3n) is 4.02. The Morgan fingerprint density at radius 3 is 2.39 bits per heavy atom. The van der Waals surface area contributed by atoms with Crippen molar-refractivity contribution >= 4 is 28.1 Å². The summed E-state index contributed by atoms with van der Waals surface area (Å²) in [6.45, 7) is 0. The molecule has 0 atom stereocenters. The minimum absolute atomic E-state index is 0.393. The molecule has 1 aromatic heterocycles. The third-order valence-corrected chi connectivity index (χ3v) is 4.02. The number of aromatic nitrogens is 2. The van der Waals surface area contributed by atoms with Gasteiger partial charge in [0.05, 0.1) is 15.8 Å². The Morgan fingerprint density at radius 2 is 1.68 bits per heavy atom. The van der Waals surface area contributed by atoms with Gasteiger partial charge in [0.25, 0.3) is 0 Å². The number of nitro benzene ring substituents is 1. The summed E-state index contributed by atoms with van der Waals surface area (Å²) in [5, 5.41) is 24.4. The largest absolute Gasteiger partial charge is 0.502 e. The molecule has 0 radical (unpaired) electrons. The molecule has 0 unspecified atom stereocenters. The normalized spacial score (nSPS) is 10.6. The maximum atomic E-state index is 11.1. The highest BCUT2D eigenvalue weighted by molar-refractivity contribution is 5.93. The SMILES string of the molecule is O=[N+]([O-])c1cc2c(Nc3ccc(Oc4ccccc4)cc3)ncnc2cc1O. The fourth-order valence-electron chi connectivity index (χ4n) is 2.69. The van der Waals surface area contributed by atoms with Crippen LogP contribution in [0.3, 0.4) is 0 Å². The number of anilines is 2. The van der Waals surface area contributed by atoms with Gasteiger partial charge in [-0.05, 0) is 36.4 Å². The first-order chi connectivity index (χ1) is 13.6. The Morgan fingerprint density at radius 1 is 0.964 bits per heavy atom. The molecule has 0 amide bonds. The second-order valence-electron chi connectivity index (χ2n) is 5.90.